The monoisotopic (exact) mass is 436 g/mol. The molecule has 4 rings (SSSR count). The first-order valence-corrected chi connectivity index (χ1v) is 10.6. The molecule has 0 saturated carbocycles. The lowest BCUT2D eigenvalue weighted by Crippen LogP contribution is -2.41. The van der Waals surface area contributed by atoms with Crippen molar-refractivity contribution < 1.29 is 26.4 Å². The zero-order chi connectivity index (χ0) is 21.5. The molecule has 30 heavy (non-hydrogen) atoms. The van der Waals surface area contributed by atoms with Gasteiger partial charge in [-0.05, 0) is 47.7 Å². The summed E-state index contributed by atoms with van der Waals surface area (Å²) in [5.41, 5.74) is 0.379. The van der Waals surface area contributed by atoms with Gasteiger partial charge in [0, 0.05) is 18.1 Å². The molecular formula is C19H15F3N4O3S. The summed E-state index contributed by atoms with van der Waals surface area (Å²) < 4.78 is 63.7. The van der Waals surface area contributed by atoms with Crippen LogP contribution in [0.2, 0.25) is 0 Å². The smallest absolute Gasteiger partial charge is 0.365 e. The Bertz CT molecular complexity index is 1270. The van der Waals surface area contributed by atoms with E-state index in [-0.39, 0.29) is 10.6 Å². The number of anilines is 1. The van der Waals surface area contributed by atoms with E-state index in [1.165, 1.54) is 35.2 Å². The SMILES string of the molecule is CS(=O)(=O)c1cccc(N2C=C(C(F)(F)F)C=CC2On2nnc3ccccc32)c1. The number of aromatic nitrogens is 3. The second kappa shape index (κ2) is 7.17. The molecule has 0 spiro atoms. The van der Waals surface area contributed by atoms with Crippen LogP contribution in [-0.2, 0) is 9.84 Å². The van der Waals surface area contributed by atoms with Crippen LogP contribution in [0.3, 0.4) is 0 Å². The van der Waals surface area contributed by atoms with E-state index in [1.807, 2.05) is 0 Å². The molecule has 0 bridgehead atoms. The summed E-state index contributed by atoms with van der Waals surface area (Å²) >= 11 is 0. The zero-order valence-corrected chi connectivity index (χ0v) is 16.3. The Balaban J connectivity index is 1.76. The van der Waals surface area contributed by atoms with Gasteiger partial charge in [0.2, 0.25) is 6.23 Å². The number of para-hydroxylation sites is 1. The number of benzene rings is 2. The van der Waals surface area contributed by atoms with E-state index in [1.54, 1.807) is 24.3 Å². The molecule has 0 fully saturated rings. The summed E-state index contributed by atoms with van der Waals surface area (Å²) in [4.78, 5) is 8.06. The number of fused-ring (bicyclic) bond motifs is 1. The van der Waals surface area contributed by atoms with E-state index < -0.39 is 27.8 Å². The van der Waals surface area contributed by atoms with Crippen LogP contribution in [0.5, 0.6) is 0 Å². The summed E-state index contributed by atoms with van der Waals surface area (Å²) in [6.07, 6.45) is -1.61. The first-order chi connectivity index (χ1) is 14.1. The van der Waals surface area contributed by atoms with Crippen molar-refractivity contribution in [1.29, 1.82) is 0 Å². The van der Waals surface area contributed by atoms with Crippen molar-refractivity contribution >= 4 is 26.6 Å². The van der Waals surface area contributed by atoms with Gasteiger partial charge in [0.15, 0.2) is 9.84 Å². The van der Waals surface area contributed by atoms with Crippen molar-refractivity contribution in [3.63, 3.8) is 0 Å². The molecule has 156 valence electrons. The summed E-state index contributed by atoms with van der Waals surface area (Å²) in [6, 6.07) is 12.5. The van der Waals surface area contributed by atoms with Gasteiger partial charge in [0.1, 0.15) is 11.0 Å². The standard InChI is InChI=1S/C19H15F3N4O3S/c1-30(27,28)15-6-4-5-14(11-15)25-12-13(19(20,21)22)9-10-18(25)29-26-17-8-3-2-7-16(17)23-24-26/h2-12,18H,1H3. The normalized spacial score (nSPS) is 17.3. The second-order valence-corrected chi connectivity index (χ2v) is 8.58. The van der Waals surface area contributed by atoms with Crippen molar-refractivity contribution in [2.45, 2.75) is 17.3 Å². The van der Waals surface area contributed by atoms with E-state index in [9.17, 15) is 21.6 Å². The lowest BCUT2D eigenvalue weighted by Gasteiger charge is -2.31. The van der Waals surface area contributed by atoms with Crippen LogP contribution >= 0.6 is 0 Å². The van der Waals surface area contributed by atoms with Crippen LogP contribution in [-0.4, -0.2) is 42.2 Å². The summed E-state index contributed by atoms with van der Waals surface area (Å²) in [6.45, 7) is 0. The fourth-order valence-corrected chi connectivity index (χ4v) is 3.58. The highest BCUT2D eigenvalue weighted by Crippen LogP contribution is 2.33. The summed E-state index contributed by atoms with van der Waals surface area (Å²) in [7, 11) is -3.56. The second-order valence-electron chi connectivity index (χ2n) is 6.57. The molecule has 2 aromatic carbocycles. The van der Waals surface area contributed by atoms with Gasteiger partial charge in [0.05, 0.1) is 10.5 Å². The Labute approximate surface area is 169 Å². The molecule has 7 nitrogen and oxygen atoms in total. The average Bonchev–Trinajstić information content (AvgIpc) is 3.10. The van der Waals surface area contributed by atoms with Crippen molar-refractivity contribution in [3.05, 3.63) is 72.5 Å². The number of sulfone groups is 1. The number of hydrogen-bond donors (Lipinski definition) is 0. The lowest BCUT2D eigenvalue weighted by molar-refractivity contribution is -0.0890. The van der Waals surface area contributed by atoms with E-state index in [0.29, 0.717) is 11.0 Å². The van der Waals surface area contributed by atoms with Crippen molar-refractivity contribution in [2.24, 2.45) is 0 Å². The Kier molecular flexibility index (Phi) is 4.77. The zero-order valence-electron chi connectivity index (χ0n) is 15.5. The number of halogens is 3. The molecule has 0 radical (unpaired) electrons. The third-order valence-electron chi connectivity index (χ3n) is 4.39. The molecule has 0 amide bonds. The minimum atomic E-state index is -4.59. The van der Waals surface area contributed by atoms with Gasteiger partial charge in [-0.3, -0.25) is 0 Å². The molecule has 1 aliphatic heterocycles. The van der Waals surface area contributed by atoms with Crippen LogP contribution in [0.1, 0.15) is 0 Å². The highest BCUT2D eigenvalue weighted by molar-refractivity contribution is 7.90. The molecule has 1 aliphatic rings. The largest absolute Gasteiger partial charge is 0.417 e. The third-order valence-corrected chi connectivity index (χ3v) is 5.50. The molecule has 1 unspecified atom stereocenters. The van der Waals surface area contributed by atoms with Crippen LogP contribution in [0.15, 0.2) is 77.4 Å². The molecule has 11 heteroatoms. The summed E-state index contributed by atoms with van der Waals surface area (Å²) in [5, 5.41) is 7.84. The van der Waals surface area contributed by atoms with Crippen LogP contribution in [0, 0.1) is 0 Å². The van der Waals surface area contributed by atoms with Crippen LogP contribution < -0.4 is 9.74 Å². The summed E-state index contributed by atoms with van der Waals surface area (Å²) in [5.74, 6) is 0. The maximum absolute atomic E-state index is 13.3. The maximum Gasteiger partial charge on any atom is 0.417 e. The van der Waals surface area contributed by atoms with Gasteiger partial charge in [-0.2, -0.15) is 13.2 Å². The number of alkyl halides is 3. The van der Waals surface area contributed by atoms with Crippen molar-refractivity contribution in [2.75, 3.05) is 11.2 Å². The molecule has 1 aromatic heterocycles. The minimum absolute atomic E-state index is 0.0264. The molecule has 1 atom stereocenters. The molecule has 2 heterocycles. The fourth-order valence-electron chi connectivity index (χ4n) is 2.92. The number of nitrogens with zero attached hydrogens (tertiary/aromatic N) is 4. The first kappa shape index (κ1) is 20.0. The topological polar surface area (TPSA) is 77.3 Å². The van der Waals surface area contributed by atoms with Gasteiger partial charge >= 0.3 is 6.18 Å². The molecule has 0 N–H and O–H groups in total. The first-order valence-electron chi connectivity index (χ1n) is 8.66. The van der Waals surface area contributed by atoms with Gasteiger partial charge in [-0.15, -0.1) is 5.10 Å². The van der Waals surface area contributed by atoms with E-state index in [4.69, 9.17) is 4.84 Å². The molecule has 3 aromatic rings. The number of allylic oxidation sites excluding steroid dienone is 2. The predicted octanol–water partition coefficient (Wildman–Crippen LogP) is 3.11. The highest BCUT2D eigenvalue weighted by Gasteiger charge is 2.36. The maximum atomic E-state index is 13.3. The van der Waals surface area contributed by atoms with E-state index in [2.05, 4.69) is 10.3 Å². The molecule has 0 saturated heterocycles. The quantitative estimate of drug-likeness (QED) is 0.626. The van der Waals surface area contributed by atoms with Gasteiger partial charge in [-0.1, -0.05) is 23.0 Å². The Hall–Kier alpha value is -3.34. The van der Waals surface area contributed by atoms with Gasteiger partial charge < -0.3 is 9.74 Å². The Morgan fingerprint density at radius 1 is 1.10 bits per heavy atom. The highest BCUT2D eigenvalue weighted by atomic mass is 32.2. The average molecular weight is 436 g/mol. The van der Waals surface area contributed by atoms with Crippen LogP contribution in [0.4, 0.5) is 18.9 Å². The van der Waals surface area contributed by atoms with Gasteiger partial charge in [-0.25, -0.2) is 8.42 Å². The molecule has 0 aliphatic carbocycles. The predicted molar refractivity (Wildman–Crippen MR) is 103 cm³/mol. The molecular weight excluding hydrogens is 421 g/mol. The Morgan fingerprint density at radius 3 is 2.60 bits per heavy atom. The van der Waals surface area contributed by atoms with E-state index >= 15 is 0 Å². The van der Waals surface area contributed by atoms with Crippen LogP contribution in [0.25, 0.3) is 11.0 Å². The minimum Gasteiger partial charge on any atom is -0.365 e. The Morgan fingerprint density at radius 2 is 1.87 bits per heavy atom. The van der Waals surface area contributed by atoms with E-state index in [0.717, 1.165) is 23.4 Å². The van der Waals surface area contributed by atoms with Gasteiger partial charge in [0.25, 0.3) is 0 Å². The van der Waals surface area contributed by atoms with Crippen molar-refractivity contribution in [3.8, 4) is 0 Å². The lowest BCUT2D eigenvalue weighted by atomic mass is 10.1. The number of rotatable bonds is 4. The number of hydrogen-bond acceptors (Lipinski definition) is 6. The van der Waals surface area contributed by atoms with Crippen molar-refractivity contribution in [1.82, 2.24) is 15.2 Å². The third kappa shape index (κ3) is 3.88. The fraction of sp³-hybridized carbons (Fsp3) is 0.158.